The molecule has 0 unspecified atom stereocenters. The van der Waals surface area contributed by atoms with E-state index in [0.717, 1.165) is 0 Å². The van der Waals surface area contributed by atoms with E-state index in [0.29, 0.717) is 0 Å². The molecule has 0 aliphatic carbocycles. The molecule has 0 atom stereocenters. The molecule has 0 aromatic heterocycles. The van der Waals surface area contributed by atoms with E-state index in [4.69, 9.17) is 0 Å². The van der Waals surface area contributed by atoms with Crippen molar-refractivity contribution in [3.05, 3.63) is 12.4 Å². The Kier molecular flexibility index (Phi) is 12.2. The lowest BCUT2D eigenvalue weighted by atomic mass is 10.7. The van der Waals surface area contributed by atoms with Gasteiger partial charge in [0.25, 0.3) is 0 Å². The molecular formula is C6H9F. The summed E-state index contributed by atoms with van der Waals surface area (Å²) in [5, 5.41) is 0. The fraction of sp³-hybridized carbons (Fsp3) is 0.333. The molecule has 0 fully saturated rings. The maximum atomic E-state index is 10.8. The van der Waals surface area contributed by atoms with Crippen LogP contribution in [0.1, 0.15) is 13.8 Å². The van der Waals surface area contributed by atoms with E-state index >= 15 is 0 Å². The third-order valence-corrected chi connectivity index (χ3v) is 0. The highest BCUT2D eigenvalue weighted by Gasteiger charge is 1.58. The number of allylic oxidation sites excluding steroid dienone is 1. The normalized spacial score (nSPS) is 4.86. The van der Waals surface area contributed by atoms with Crippen molar-refractivity contribution in [3.63, 3.8) is 0 Å². The van der Waals surface area contributed by atoms with Gasteiger partial charge in [0.2, 0.25) is 0 Å². The van der Waals surface area contributed by atoms with Crippen molar-refractivity contribution >= 4 is 0 Å². The van der Waals surface area contributed by atoms with Crippen LogP contribution in [0.15, 0.2) is 12.4 Å². The van der Waals surface area contributed by atoms with E-state index in [1.54, 1.807) is 6.92 Å². The Hall–Kier alpha value is -0.770. The summed E-state index contributed by atoms with van der Waals surface area (Å²) in [6.45, 7) is 5.85. The first-order valence-corrected chi connectivity index (χ1v) is 1.83. The number of terminal acetylenes is 1. The highest BCUT2D eigenvalue weighted by Crippen LogP contribution is 1.80. The molecule has 0 bridgehead atoms. The molecule has 0 saturated heterocycles. The van der Waals surface area contributed by atoms with Crippen LogP contribution < -0.4 is 0 Å². The standard InChI is InChI=1S/C3H5F.C3H4/c1-3(2)4;1-3-2/h1H2,2H3;1H,2H3. The molecule has 0 aliphatic rings. The van der Waals surface area contributed by atoms with Crippen molar-refractivity contribution in [1.82, 2.24) is 0 Å². The Balaban J connectivity index is 0. The monoisotopic (exact) mass is 100 g/mol. The number of halogens is 1. The van der Waals surface area contributed by atoms with Crippen LogP contribution in [0.25, 0.3) is 0 Å². The molecule has 0 saturated carbocycles. The van der Waals surface area contributed by atoms with Crippen molar-refractivity contribution < 1.29 is 4.39 Å². The Bertz CT molecular complexity index is 72.7. The summed E-state index contributed by atoms with van der Waals surface area (Å²) in [4.78, 5) is 0. The van der Waals surface area contributed by atoms with Gasteiger partial charge in [0.15, 0.2) is 0 Å². The Labute approximate surface area is 44.0 Å². The van der Waals surface area contributed by atoms with E-state index in [2.05, 4.69) is 18.9 Å². The van der Waals surface area contributed by atoms with Gasteiger partial charge in [-0.05, 0) is 13.8 Å². The second-order valence-electron chi connectivity index (χ2n) is 0.965. The predicted molar refractivity (Wildman–Crippen MR) is 30.4 cm³/mol. The smallest absolute Gasteiger partial charge is 0.0897 e. The Morgan fingerprint density at radius 1 is 1.86 bits per heavy atom. The van der Waals surface area contributed by atoms with E-state index in [9.17, 15) is 4.39 Å². The lowest BCUT2D eigenvalue weighted by Gasteiger charge is -1.59. The van der Waals surface area contributed by atoms with Crippen LogP contribution >= 0.6 is 0 Å². The van der Waals surface area contributed by atoms with E-state index in [1.807, 2.05) is 0 Å². The van der Waals surface area contributed by atoms with Gasteiger partial charge in [-0.2, -0.15) is 0 Å². The highest BCUT2D eigenvalue weighted by atomic mass is 19.1. The van der Waals surface area contributed by atoms with Crippen LogP contribution in [-0.4, -0.2) is 0 Å². The minimum Gasteiger partial charge on any atom is -0.213 e. The average Bonchev–Trinajstić information content (AvgIpc) is 1.33. The summed E-state index contributed by atoms with van der Waals surface area (Å²) < 4.78 is 10.8. The molecule has 0 aromatic rings. The molecule has 40 valence electrons. The predicted octanol–water partition coefficient (Wildman–Crippen LogP) is 2.13. The Morgan fingerprint density at radius 2 is 1.86 bits per heavy atom. The highest BCUT2D eigenvalue weighted by molar-refractivity contribution is 4.73. The zero-order valence-electron chi connectivity index (χ0n) is 4.66. The van der Waals surface area contributed by atoms with Gasteiger partial charge in [-0.3, -0.25) is 0 Å². The summed E-state index contributed by atoms with van der Waals surface area (Å²) in [7, 11) is 0. The zero-order valence-corrected chi connectivity index (χ0v) is 4.66. The van der Waals surface area contributed by atoms with Crippen molar-refractivity contribution in [2.45, 2.75) is 13.8 Å². The van der Waals surface area contributed by atoms with Crippen LogP contribution in [-0.2, 0) is 0 Å². The summed E-state index contributed by atoms with van der Waals surface area (Å²) >= 11 is 0. The summed E-state index contributed by atoms with van der Waals surface area (Å²) in [6, 6.07) is 0. The fourth-order valence-corrected chi connectivity index (χ4v) is 0. The molecule has 0 aromatic carbocycles. The van der Waals surface area contributed by atoms with Gasteiger partial charge in [0.05, 0.1) is 5.83 Å². The molecule has 0 radical (unpaired) electrons. The SMILES string of the molecule is C#CC.C=C(C)F. The zero-order chi connectivity index (χ0) is 6.28. The molecule has 1 heteroatoms. The van der Waals surface area contributed by atoms with Gasteiger partial charge in [-0.1, -0.05) is 6.58 Å². The molecule has 0 spiro atoms. The minimum absolute atomic E-state index is 0.333. The lowest BCUT2D eigenvalue weighted by Crippen LogP contribution is -1.38. The second-order valence-corrected chi connectivity index (χ2v) is 0.965. The van der Waals surface area contributed by atoms with Gasteiger partial charge >= 0.3 is 0 Å². The van der Waals surface area contributed by atoms with Crippen LogP contribution in [0.3, 0.4) is 0 Å². The van der Waals surface area contributed by atoms with Crippen LogP contribution in [0, 0.1) is 12.3 Å². The number of hydrogen-bond donors (Lipinski definition) is 0. The van der Waals surface area contributed by atoms with Crippen LogP contribution in [0.5, 0.6) is 0 Å². The largest absolute Gasteiger partial charge is 0.213 e. The molecular weight excluding hydrogens is 91.1 g/mol. The average molecular weight is 100 g/mol. The van der Waals surface area contributed by atoms with Crippen molar-refractivity contribution in [2.24, 2.45) is 0 Å². The fourth-order valence-electron chi connectivity index (χ4n) is 0. The lowest BCUT2D eigenvalue weighted by molar-refractivity contribution is 0.645. The third kappa shape index (κ3) is 92.0. The van der Waals surface area contributed by atoms with Crippen molar-refractivity contribution in [2.75, 3.05) is 0 Å². The van der Waals surface area contributed by atoms with Crippen molar-refractivity contribution in [3.8, 4) is 12.3 Å². The van der Waals surface area contributed by atoms with Gasteiger partial charge < -0.3 is 0 Å². The van der Waals surface area contributed by atoms with E-state index < -0.39 is 0 Å². The first-order valence-electron chi connectivity index (χ1n) is 1.83. The van der Waals surface area contributed by atoms with Crippen LogP contribution in [0.2, 0.25) is 0 Å². The van der Waals surface area contributed by atoms with E-state index in [1.165, 1.54) is 6.92 Å². The topological polar surface area (TPSA) is 0 Å². The molecule has 7 heavy (non-hydrogen) atoms. The minimum atomic E-state index is -0.333. The molecule has 0 rings (SSSR count). The first-order chi connectivity index (χ1) is 3.15. The Morgan fingerprint density at radius 3 is 1.86 bits per heavy atom. The van der Waals surface area contributed by atoms with Gasteiger partial charge in [-0.25, -0.2) is 4.39 Å². The van der Waals surface area contributed by atoms with Gasteiger partial charge in [0, 0.05) is 0 Å². The van der Waals surface area contributed by atoms with Crippen molar-refractivity contribution in [1.29, 1.82) is 0 Å². The summed E-state index contributed by atoms with van der Waals surface area (Å²) in [6.07, 6.45) is 4.60. The molecule has 0 N–H and O–H groups in total. The van der Waals surface area contributed by atoms with Crippen LogP contribution in [0.4, 0.5) is 4.39 Å². The second kappa shape index (κ2) is 8.97. The third-order valence-electron chi connectivity index (χ3n) is 0. The molecule has 0 heterocycles. The maximum Gasteiger partial charge on any atom is 0.0897 e. The molecule has 0 amide bonds. The quantitative estimate of drug-likeness (QED) is 0.409. The first kappa shape index (κ1) is 9.52. The van der Waals surface area contributed by atoms with E-state index in [-0.39, 0.29) is 5.83 Å². The number of rotatable bonds is 0. The molecule has 0 aliphatic heterocycles. The van der Waals surface area contributed by atoms with Gasteiger partial charge in [-0.15, -0.1) is 12.3 Å². The summed E-state index contributed by atoms with van der Waals surface area (Å²) in [5.41, 5.74) is 0. The van der Waals surface area contributed by atoms with Gasteiger partial charge in [0.1, 0.15) is 0 Å². The number of hydrogen-bond acceptors (Lipinski definition) is 0. The maximum absolute atomic E-state index is 10.8. The summed E-state index contributed by atoms with van der Waals surface area (Å²) in [5.74, 6) is 1.92. The molecule has 0 nitrogen and oxygen atoms in total.